The lowest BCUT2D eigenvalue weighted by Gasteiger charge is -2.32. The fraction of sp³-hybridized carbons (Fsp3) is 0.379. The second-order valence-corrected chi connectivity index (χ2v) is 10.9. The number of fused-ring (bicyclic) bond motifs is 1. The van der Waals surface area contributed by atoms with Crippen LogP contribution in [0.2, 0.25) is 5.02 Å². The van der Waals surface area contributed by atoms with Gasteiger partial charge in [0.05, 0.1) is 40.1 Å². The van der Waals surface area contributed by atoms with Crippen molar-refractivity contribution in [2.75, 3.05) is 17.2 Å². The van der Waals surface area contributed by atoms with Gasteiger partial charge in [-0.25, -0.2) is 9.07 Å². The topological polar surface area (TPSA) is 112 Å². The second-order valence-electron chi connectivity index (χ2n) is 10.5. The van der Waals surface area contributed by atoms with Crippen molar-refractivity contribution in [3.05, 3.63) is 76.5 Å². The first-order valence-electron chi connectivity index (χ1n) is 13.4. The zero-order chi connectivity index (χ0) is 26.9. The molecule has 8 nitrogen and oxygen atoms in total. The Bertz CT molecular complexity index is 1530. The molecule has 4 aromatic rings. The van der Waals surface area contributed by atoms with Crippen LogP contribution in [0, 0.1) is 23.1 Å². The second kappa shape index (κ2) is 10.8. The van der Waals surface area contributed by atoms with E-state index in [0.717, 1.165) is 44.1 Å². The molecule has 2 saturated carbocycles. The van der Waals surface area contributed by atoms with E-state index in [0.29, 0.717) is 44.6 Å². The third kappa shape index (κ3) is 5.27. The van der Waals surface area contributed by atoms with Crippen LogP contribution in [-0.2, 0) is 0 Å². The van der Waals surface area contributed by atoms with Gasteiger partial charge in [-0.1, -0.05) is 41.8 Å². The van der Waals surface area contributed by atoms with Crippen LogP contribution in [0.15, 0.2) is 48.8 Å². The summed E-state index contributed by atoms with van der Waals surface area (Å²) in [7, 11) is 0. The van der Waals surface area contributed by atoms with E-state index in [1.807, 2.05) is 16.9 Å². The van der Waals surface area contributed by atoms with Crippen LogP contribution in [0.1, 0.15) is 67.4 Å². The van der Waals surface area contributed by atoms with Gasteiger partial charge in [-0.2, -0.15) is 5.26 Å². The van der Waals surface area contributed by atoms with Gasteiger partial charge in [0.15, 0.2) is 0 Å². The van der Waals surface area contributed by atoms with Crippen LogP contribution >= 0.6 is 11.6 Å². The lowest BCUT2D eigenvalue weighted by Crippen LogP contribution is -2.34. The number of hydrogen-bond donors (Lipinski definition) is 3. The lowest BCUT2D eigenvalue weighted by molar-refractivity contribution is 0.178. The maximum atomic E-state index is 13.8. The van der Waals surface area contributed by atoms with E-state index in [4.69, 9.17) is 11.6 Å². The number of halogens is 2. The summed E-state index contributed by atoms with van der Waals surface area (Å²) >= 11 is 6.74. The number of nitrogens with one attached hydrogen (secondary N) is 2. The highest BCUT2D eigenvalue weighted by Gasteiger charge is 2.28. The van der Waals surface area contributed by atoms with Gasteiger partial charge in [-0.05, 0) is 55.5 Å². The molecule has 10 heteroatoms. The van der Waals surface area contributed by atoms with Crippen molar-refractivity contribution in [2.45, 2.75) is 56.7 Å². The van der Waals surface area contributed by atoms with Crippen LogP contribution in [0.3, 0.4) is 0 Å². The van der Waals surface area contributed by atoms with Crippen molar-refractivity contribution in [1.82, 2.24) is 20.0 Å². The largest absolute Gasteiger partial charge is 0.396 e. The number of aliphatic hydroxyl groups is 1. The van der Waals surface area contributed by atoms with Gasteiger partial charge in [0, 0.05) is 35.8 Å². The zero-order valence-electron chi connectivity index (χ0n) is 21.3. The molecule has 39 heavy (non-hydrogen) atoms. The molecule has 2 aliphatic rings. The number of anilines is 2. The quantitative estimate of drug-likeness (QED) is 0.249. The fourth-order valence-corrected chi connectivity index (χ4v) is 5.74. The highest BCUT2D eigenvalue weighted by atomic mass is 35.5. The van der Waals surface area contributed by atoms with Gasteiger partial charge < -0.3 is 15.7 Å². The number of aliphatic hydroxyl groups excluding tert-OH is 1. The summed E-state index contributed by atoms with van der Waals surface area (Å²) in [6, 6.07) is 12.3. The van der Waals surface area contributed by atoms with E-state index < -0.39 is 6.04 Å². The Morgan fingerprint density at radius 3 is 2.69 bits per heavy atom. The minimum absolute atomic E-state index is 0.0428. The minimum atomic E-state index is -0.410. The Balaban J connectivity index is 1.41. The summed E-state index contributed by atoms with van der Waals surface area (Å²) in [5, 5.41) is 36.9. The normalized spacial score (nSPS) is 19.9. The summed E-state index contributed by atoms with van der Waals surface area (Å²) in [4.78, 5) is 4.48. The third-order valence-electron chi connectivity index (χ3n) is 7.78. The molecule has 2 fully saturated rings. The highest BCUT2D eigenvalue weighted by molar-refractivity contribution is 6.35. The number of benzene rings is 2. The first kappa shape index (κ1) is 25.5. The molecule has 0 saturated heterocycles. The molecule has 200 valence electrons. The third-order valence-corrected chi connectivity index (χ3v) is 8.07. The summed E-state index contributed by atoms with van der Waals surface area (Å²) < 4.78 is 15.6. The van der Waals surface area contributed by atoms with E-state index in [1.165, 1.54) is 18.3 Å². The molecule has 2 aromatic heterocycles. The molecule has 3 atom stereocenters. The van der Waals surface area contributed by atoms with Gasteiger partial charge >= 0.3 is 0 Å². The smallest absolute Gasteiger partial charge is 0.123 e. The lowest BCUT2D eigenvalue weighted by atomic mass is 9.84. The summed E-state index contributed by atoms with van der Waals surface area (Å²) in [5.74, 6) is -0.204. The molecule has 0 bridgehead atoms. The van der Waals surface area contributed by atoms with Crippen LogP contribution in [-0.4, -0.2) is 37.7 Å². The SMILES string of the molecule is N#Cc1cnc2c(Cl)cc(NC(c3ccc(F)cc3)c3cn(C4CC4)nn3)cc2c1N[C@@H]1CCCC[C@H]1CO. The number of nitrogens with zero attached hydrogens (tertiary/aromatic N) is 5. The molecule has 2 aromatic carbocycles. The molecule has 0 aliphatic heterocycles. The van der Waals surface area contributed by atoms with Crippen molar-refractivity contribution in [3.63, 3.8) is 0 Å². The molecule has 6 rings (SSSR count). The van der Waals surface area contributed by atoms with Crippen LogP contribution in [0.25, 0.3) is 10.9 Å². The Labute approximate surface area is 230 Å². The maximum absolute atomic E-state index is 13.8. The van der Waals surface area contributed by atoms with E-state index in [2.05, 4.69) is 32.0 Å². The summed E-state index contributed by atoms with van der Waals surface area (Å²) in [6.07, 6.45) is 9.64. The van der Waals surface area contributed by atoms with Gasteiger partial charge in [0.25, 0.3) is 0 Å². The number of hydrogen-bond acceptors (Lipinski definition) is 7. The number of aromatic nitrogens is 4. The molecule has 3 N–H and O–H groups in total. The average molecular weight is 546 g/mol. The number of rotatable bonds is 8. The van der Waals surface area contributed by atoms with Crippen molar-refractivity contribution < 1.29 is 9.50 Å². The van der Waals surface area contributed by atoms with E-state index in [-0.39, 0.29) is 24.4 Å². The minimum Gasteiger partial charge on any atom is -0.396 e. The molecule has 1 unspecified atom stereocenters. The monoisotopic (exact) mass is 545 g/mol. The Kier molecular flexibility index (Phi) is 7.07. The summed E-state index contributed by atoms with van der Waals surface area (Å²) in [6.45, 7) is 0.0943. The molecular formula is C29H29ClFN7O. The van der Waals surface area contributed by atoms with Gasteiger partial charge in [-0.3, -0.25) is 4.98 Å². The number of pyridine rings is 1. The molecule has 2 aliphatic carbocycles. The van der Waals surface area contributed by atoms with Crippen LogP contribution in [0.5, 0.6) is 0 Å². The summed E-state index contributed by atoms with van der Waals surface area (Å²) in [5.41, 5.74) is 3.89. The van der Waals surface area contributed by atoms with Crippen molar-refractivity contribution in [1.29, 1.82) is 5.26 Å². The molecule has 0 spiro atoms. The van der Waals surface area contributed by atoms with Crippen LogP contribution < -0.4 is 10.6 Å². The standard InChI is InChI=1S/C29H29ClFN7O/c30-24-12-21(34-28(17-5-7-20(31)8-6-17)26-15-38(37-36-26)22-9-10-22)11-23-27(19(13-32)14-33-29(23)24)35-25-4-2-1-3-18(25)16-39/h5-8,11-12,14-15,18,22,25,28,34,39H,1-4,9-10,16H2,(H,33,35)/t18-,25+,28?/m0/s1. The van der Waals surface area contributed by atoms with Gasteiger partial charge in [0.2, 0.25) is 0 Å². The van der Waals surface area contributed by atoms with E-state index >= 15 is 0 Å². The molecule has 0 radical (unpaired) electrons. The molecule has 0 amide bonds. The van der Waals surface area contributed by atoms with Crippen molar-refractivity contribution >= 4 is 33.9 Å². The Morgan fingerprint density at radius 1 is 1.15 bits per heavy atom. The highest BCUT2D eigenvalue weighted by Crippen LogP contribution is 2.38. The van der Waals surface area contributed by atoms with Gasteiger partial charge in [-0.15, -0.1) is 5.10 Å². The number of nitriles is 1. The van der Waals surface area contributed by atoms with Crippen LogP contribution in [0.4, 0.5) is 15.8 Å². The van der Waals surface area contributed by atoms with Crippen molar-refractivity contribution in [3.8, 4) is 6.07 Å². The van der Waals surface area contributed by atoms with E-state index in [1.54, 1.807) is 18.2 Å². The maximum Gasteiger partial charge on any atom is 0.123 e. The predicted octanol–water partition coefficient (Wildman–Crippen LogP) is 5.99. The first-order valence-corrected chi connectivity index (χ1v) is 13.8. The Morgan fingerprint density at radius 2 is 1.95 bits per heavy atom. The first-order chi connectivity index (χ1) is 19.0. The average Bonchev–Trinajstić information content (AvgIpc) is 3.69. The predicted molar refractivity (Wildman–Crippen MR) is 148 cm³/mol. The van der Waals surface area contributed by atoms with E-state index in [9.17, 15) is 14.8 Å². The van der Waals surface area contributed by atoms with Gasteiger partial charge in [0.1, 0.15) is 17.6 Å². The van der Waals surface area contributed by atoms with Crippen molar-refractivity contribution in [2.24, 2.45) is 5.92 Å². The molecular weight excluding hydrogens is 517 g/mol. The Hall–Kier alpha value is -3.74. The zero-order valence-corrected chi connectivity index (χ0v) is 22.1. The fourth-order valence-electron chi connectivity index (χ4n) is 5.47. The molecule has 2 heterocycles.